The Morgan fingerprint density at radius 3 is 2.76 bits per heavy atom. The predicted octanol–water partition coefficient (Wildman–Crippen LogP) is 3.29. The van der Waals surface area contributed by atoms with Crippen molar-refractivity contribution in [1.29, 1.82) is 0 Å². The van der Waals surface area contributed by atoms with Gasteiger partial charge in [0, 0.05) is 23.6 Å². The number of allylic oxidation sites excluding steroid dienone is 2. The van der Waals surface area contributed by atoms with Crippen LogP contribution < -0.4 is 0 Å². The highest BCUT2D eigenvalue weighted by Gasteiger charge is 2.39. The van der Waals surface area contributed by atoms with Gasteiger partial charge in [-0.2, -0.15) is 0 Å². The lowest BCUT2D eigenvalue weighted by Crippen LogP contribution is -2.20. The minimum atomic E-state index is -0.620. The molecule has 0 saturated heterocycles. The molecule has 0 aliphatic heterocycles. The molecule has 1 aliphatic carbocycles. The molecule has 7 heteroatoms. The molecule has 162 valence electrons. The van der Waals surface area contributed by atoms with Crippen LogP contribution in [0.5, 0.6) is 0 Å². The van der Waals surface area contributed by atoms with Gasteiger partial charge >= 0.3 is 0 Å². The molecule has 29 heavy (non-hydrogen) atoms. The van der Waals surface area contributed by atoms with Gasteiger partial charge in [0.05, 0.1) is 22.6 Å². The number of carbonyl (C=O) groups excluding carboxylic acids is 1. The zero-order chi connectivity index (χ0) is 21.2. The average molecular weight is 443 g/mol. The normalized spacial score (nSPS) is 26.0. The van der Waals surface area contributed by atoms with Gasteiger partial charge in [0.25, 0.3) is 0 Å². The maximum absolute atomic E-state index is 11.1. The molecule has 4 N–H and O–H groups in total. The summed E-state index contributed by atoms with van der Waals surface area (Å²) in [6.45, 7) is -0.406. The highest BCUT2D eigenvalue weighted by Crippen LogP contribution is 2.36. The number of halogens is 1. The Bertz CT molecular complexity index is 686. The molecule has 1 aromatic rings. The van der Waals surface area contributed by atoms with Crippen molar-refractivity contribution in [2.45, 2.75) is 63.3 Å². The smallest absolute Gasteiger partial charge is 0.158 e. The maximum Gasteiger partial charge on any atom is 0.158 e. The molecule has 1 fully saturated rings. The van der Waals surface area contributed by atoms with E-state index in [0.717, 1.165) is 22.1 Å². The number of unbranched alkanes of at least 4 members (excludes halogenated alkanes) is 1. The molecule has 5 atom stereocenters. The summed E-state index contributed by atoms with van der Waals surface area (Å²) in [6.07, 6.45) is 9.79. The van der Waals surface area contributed by atoms with Crippen LogP contribution in [-0.4, -0.2) is 51.1 Å². The number of rotatable bonds is 12. The van der Waals surface area contributed by atoms with Gasteiger partial charge < -0.3 is 20.4 Å². The highest BCUT2D eigenvalue weighted by molar-refractivity contribution is 7.16. The fourth-order valence-electron chi connectivity index (χ4n) is 3.70. The molecule has 2 rings (SSSR count). The van der Waals surface area contributed by atoms with Crippen molar-refractivity contribution in [3.8, 4) is 0 Å². The van der Waals surface area contributed by atoms with Crippen LogP contribution in [0.4, 0.5) is 0 Å². The van der Waals surface area contributed by atoms with E-state index in [1.165, 1.54) is 11.3 Å². The van der Waals surface area contributed by atoms with Crippen LogP contribution in [0, 0.1) is 11.8 Å². The highest BCUT2D eigenvalue weighted by atomic mass is 35.5. The van der Waals surface area contributed by atoms with Crippen molar-refractivity contribution in [3.63, 3.8) is 0 Å². The summed E-state index contributed by atoms with van der Waals surface area (Å²) in [6, 6.07) is 3.81. The van der Waals surface area contributed by atoms with E-state index >= 15 is 0 Å². The third kappa shape index (κ3) is 8.32. The lowest BCUT2D eigenvalue weighted by atomic mass is 9.89. The van der Waals surface area contributed by atoms with E-state index in [1.54, 1.807) is 6.08 Å². The summed E-state index contributed by atoms with van der Waals surface area (Å²) in [5.74, 6) is -0.449. The monoisotopic (exact) mass is 442 g/mol. The van der Waals surface area contributed by atoms with Crippen LogP contribution in [-0.2, 0) is 11.2 Å². The maximum atomic E-state index is 11.1. The second-order valence-corrected chi connectivity index (χ2v) is 9.40. The first-order chi connectivity index (χ1) is 13.9. The van der Waals surface area contributed by atoms with E-state index in [0.29, 0.717) is 32.1 Å². The molecule has 1 saturated carbocycles. The average Bonchev–Trinajstić information content (AvgIpc) is 3.23. The number of thiophene rings is 1. The van der Waals surface area contributed by atoms with Crippen molar-refractivity contribution in [1.82, 2.24) is 0 Å². The number of aliphatic hydroxyl groups is 4. The third-order valence-electron chi connectivity index (χ3n) is 5.36. The molecule has 0 spiro atoms. The molecule has 0 aromatic carbocycles. The molecule has 0 unspecified atom stereocenters. The van der Waals surface area contributed by atoms with Crippen molar-refractivity contribution in [3.05, 3.63) is 45.7 Å². The number of ketones is 1. The Labute approximate surface area is 181 Å². The number of hydrogen-bond donors (Lipinski definition) is 4. The predicted molar refractivity (Wildman–Crippen MR) is 116 cm³/mol. The van der Waals surface area contributed by atoms with Gasteiger partial charge in [0.2, 0.25) is 0 Å². The van der Waals surface area contributed by atoms with Crippen LogP contribution in [0.25, 0.3) is 0 Å². The van der Waals surface area contributed by atoms with Gasteiger partial charge in [-0.15, -0.1) is 11.3 Å². The SMILES string of the molecule is O=C(CO)CCC/C=C\C[C@@H]1[C@@H](/C=C/[C@@H](O)CCc2ccc(Cl)s2)[C@H](O)C[C@@H]1O. The molecule has 0 amide bonds. The van der Waals surface area contributed by atoms with E-state index in [1.807, 2.05) is 30.4 Å². The zero-order valence-corrected chi connectivity index (χ0v) is 18.1. The van der Waals surface area contributed by atoms with Crippen LogP contribution in [0.1, 0.15) is 43.4 Å². The molecular weight excluding hydrogens is 412 g/mol. The fourth-order valence-corrected chi connectivity index (χ4v) is 4.81. The largest absolute Gasteiger partial charge is 0.393 e. The van der Waals surface area contributed by atoms with Crippen LogP contribution in [0.15, 0.2) is 36.4 Å². The van der Waals surface area contributed by atoms with Gasteiger partial charge in [-0.1, -0.05) is 35.9 Å². The second kappa shape index (κ2) is 12.6. The Balaban J connectivity index is 1.80. The molecule has 5 nitrogen and oxygen atoms in total. The van der Waals surface area contributed by atoms with E-state index in [4.69, 9.17) is 16.7 Å². The second-order valence-electron chi connectivity index (χ2n) is 7.60. The zero-order valence-electron chi connectivity index (χ0n) is 16.5. The van der Waals surface area contributed by atoms with Crippen molar-refractivity contribution in [2.75, 3.05) is 6.61 Å². The summed E-state index contributed by atoms with van der Waals surface area (Å²) in [7, 11) is 0. The number of carbonyl (C=O) groups is 1. The van der Waals surface area contributed by atoms with E-state index < -0.39 is 24.9 Å². The lowest BCUT2D eigenvalue weighted by molar-refractivity contribution is -0.121. The molecule has 0 bridgehead atoms. The van der Waals surface area contributed by atoms with Gasteiger partial charge in [-0.05, 0) is 50.2 Å². The third-order valence-corrected chi connectivity index (χ3v) is 6.66. The number of aliphatic hydroxyl groups excluding tert-OH is 4. The number of Topliss-reactive ketones (excluding diaryl/α,β-unsaturated/α-hetero) is 1. The first-order valence-electron chi connectivity index (χ1n) is 10.1. The lowest BCUT2D eigenvalue weighted by Gasteiger charge is -2.19. The topological polar surface area (TPSA) is 98.0 Å². The summed E-state index contributed by atoms with van der Waals surface area (Å²) in [4.78, 5) is 12.2. The van der Waals surface area contributed by atoms with Gasteiger partial charge in [-0.3, -0.25) is 4.79 Å². The molecular formula is C22H31ClO5S. The molecule has 0 radical (unpaired) electrons. The molecule has 1 heterocycles. The standard InChI is InChI=1S/C22H31ClO5S/c23-22-12-10-17(29-22)9-7-15(25)8-11-19-18(20(27)13-21(19)28)6-4-2-1-3-5-16(26)14-24/h2,4,8,10-12,15,18-21,24-25,27-28H,1,3,5-7,9,13-14H2/b4-2-,11-8+/t15-,18+,19+,20-,21+/m0/s1. The van der Waals surface area contributed by atoms with Crippen molar-refractivity contribution in [2.24, 2.45) is 11.8 Å². The van der Waals surface area contributed by atoms with Crippen molar-refractivity contribution < 1.29 is 25.2 Å². The summed E-state index contributed by atoms with van der Waals surface area (Å²) < 4.78 is 0.740. The first-order valence-corrected chi connectivity index (χ1v) is 11.3. The fraction of sp³-hybridized carbons (Fsp3) is 0.591. The molecule has 1 aliphatic rings. The van der Waals surface area contributed by atoms with Crippen molar-refractivity contribution >= 4 is 28.7 Å². The minimum absolute atomic E-state index is 0.0973. The first kappa shape index (κ1) is 24.3. The Morgan fingerprint density at radius 2 is 2.07 bits per heavy atom. The van der Waals surface area contributed by atoms with Gasteiger partial charge in [0.15, 0.2) is 5.78 Å². The van der Waals surface area contributed by atoms with E-state index in [2.05, 4.69) is 0 Å². The van der Waals surface area contributed by atoms with E-state index in [-0.39, 0.29) is 17.6 Å². The van der Waals surface area contributed by atoms with E-state index in [9.17, 15) is 20.1 Å². The van der Waals surface area contributed by atoms with Crippen LogP contribution in [0.2, 0.25) is 4.34 Å². The van der Waals surface area contributed by atoms with Gasteiger partial charge in [-0.25, -0.2) is 0 Å². The summed E-state index contributed by atoms with van der Waals surface area (Å²) in [5.41, 5.74) is 0. The van der Waals surface area contributed by atoms with Crippen LogP contribution in [0.3, 0.4) is 0 Å². The summed E-state index contributed by atoms with van der Waals surface area (Å²) >= 11 is 7.43. The molecule has 1 aromatic heterocycles. The number of aryl methyl sites for hydroxylation is 1. The Hall–Kier alpha value is -1.02. The Kier molecular flexibility index (Phi) is 10.6. The number of hydrogen-bond acceptors (Lipinski definition) is 6. The minimum Gasteiger partial charge on any atom is -0.393 e. The van der Waals surface area contributed by atoms with Crippen LogP contribution >= 0.6 is 22.9 Å². The summed E-state index contributed by atoms with van der Waals surface area (Å²) in [5, 5.41) is 39.5. The Morgan fingerprint density at radius 1 is 1.28 bits per heavy atom. The van der Waals surface area contributed by atoms with Gasteiger partial charge in [0.1, 0.15) is 6.61 Å². The quantitative estimate of drug-likeness (QED) is 0.294.